The molecule has 0 radical (unpaired) electrons. The van der Waals surface area contributed by atoms with Crippen molar-refractivity contribution in [3.05, 3.63) is 6.20 Å². The van der Waals surface area contributed by atoms with Gasteiger partial charge in [0.2, 0.25) is 5.95 Å². The van der Waals surface area contributed by atoms with E-state index in [1.54, 1.807) is 6.20 Å². The van der Waals surface area contributed by atoms with Gasteiger partial charge in [0, 0.05) is 13.2 Å². The van der Waals surface area contributed by atoms with Gasteiger partial charge in [0.05, 0.1) is 11.6 Å². The number of rotatable bonds is 5. The van der Waals surface area contributed by atoms with Gasteiger partial charge in [-0.2, -0.15) is 15.1 Å². The largest absolute Gasteiger partial charge is 0.396 e. The van der Waals surface area contributed by atoms with Crippen LogP contribution in [0.5, 0.6) is 0 Å². The third-order valence-electron chi connectivity index (χ3n) is 2.57. The summed E-state index contributed by atoms with van der Waals surface area (Å²) in [6.07, 6.45) is 2.41. The Morgan fingerprint density at radius 1 is 1.53 bits per heavy atom. The number of aromatic amines is 1. The van der Waals surface area contributed by atoms with Gasteiger partial charge in [-0.05, 0) is 12.3 Å². The molecule has 17 heavy (non-hydrogen) atoms. The average Bonchev–Trinajstić information content (AvgIpc) is 2.74. The molecule has 0 amide bonds. The van der Waals surface area contributed by atoms with E-state index < -0.39 is 0 Å². The van der Waals surface area contributed by atoms with Gasteiger partial charge in [-0.3, -0.25) is 5.10 Å². The highest BCUT2D eigenvalue weighted by atomic mass is 16.3. The van der Waals surface area contributed by atoms with Crippen LogP contribution >= 0.6 is 0 Å². The molecule has 5 N–H and O–H groups in total. The molecule has 7 heteroatoms. The molecule has 0 bridgehead atoms. The minimum atomic E-state index is 0.190. The van der Waals surface area contributed by atoms with Crippen LogP contribution in [0.3, 0.4) is 0 Å². The third-order valence-corrected chi connectivity index (χ3v) is 2.57. The summed E-state index contributed by atoms with van der Waals surface area (Å²) in [5.41, 5.74) is 6.22. The maximum Gasteiger partial charge on any atom is 0.224 e. The predicted molar refractivity (Wildman–Crippen MR) is 65.5 cm³/mol. The normalized spacial score (nSPS) is 12.8. The molecule has 2 rings (SSSR count). The Balaban J connectivity index is 2.14. The number of hydrogen-bond donors (Lipinski definition) is 4. The lowest BCUT2D eigenvalue weighted by molar-refractivity contribution is 0.266. The fourth-order valence-corrected chi connectivity index (χ4v) is 1.58. The van der Waals surface area contributed by atoms with E-state index in [2.05, 4.69) is 32.4 Å². The molecule has 2 aromatic heterocycles. The molecule has 92 valence electrons. The molecule has 1 atom stereocenters. The van der Waals surface area contributed by atoms with Gasteiger partial charge in [0.15, 0.2) is 5.65 Å². The highest BCUT2D eigenvalue weighted by Crippen LogP contribution is 2.19. The van der Waals surface area contributed by atoms with Crippen LogP contribution in [-0.2, 0) is 0 Å². The second kappa shape index (κ2) is 4.96. The summed E-state index contributed by atoms with van der Waals surface area (Å²) < 4.78 is 0. The second-order valence-electron chi connectivity index (χ2n) is 4.06. The van der Waals surface area contributed by atoms with Crippen molar-refractivity contribution in [1.29, 1.82) is 0 Å². The van der Waals surface area contributed by atoms with Gasteiger partial charge in [-0.15, -0.1) is 0 Å². The monoisotopic (exact) mass is 236 g/mol. The van der Waals surface area contributed by atoms with Gasteiger partial charge >= 0.3 is 0 Å². The van der Waals surface area contributed by atoms with Crippen molar-refractivity contribution in [2.75, 3.05) is 24.2 Å². The zero-order chi connectivity index (χ0) is 12.3. The molecule has 7 nitrogen and oxygen atoms in total. The molecule has 2 heterocycles. The quantitative estimate of drug-likeness (QED) is 0.596. The maximum atomic E-state index is 8.83. The number of hydrogen-bond acceptors (Lipinski definition) is 6. The van der Waals surface area contributed by atoms with Gasteiger partial charge < -0.3 is 16.2 Å². The van der Waals surface area contributed by atoms with Crippen molar-refractivity contribution in [1.82, 2.24) is 20.2 Å². The van der Waals surface area contributed by atoms with Gasteiger partial charge in [-0.25, -0.2) is 0 Å². The first kappa shape index (κ1) is 11.6. The van der Waals surface area contributed by atoms with Crippen LogP contribution in [0.15, 0.2) is 6.20 Å². The van der Waals surface area contributed by atoms with E-state index in [0.717, 1.165) is 18.4 Å². The molecular formula is C10H16N6O. The van der Waals surface area contributed by atoms with Crippen molar-refractivity contribution < 1.29 is 5.11 Å². The Kier molecular flexibility index (Phi) is 3.38. The van der Waals surface area contributed by atoms with Crippen LogP contribution in [0, 0.1) is 5.92 Å². The zero-order valence-electron chi connectivity index (χ0n) is 9.64. The summed E-state index contributed by atoms with van der Waals surface area (Å²) in [5, 5.41) is 19.5. The number of H-pyrrole nitrogens is 1. The summed E-state index contributed by atoms with van der Waals surface area (Å²) >= 11 is 0. The highest BCUT2D eigenvalue weighted by Gasteiger charge is 2.08. The molecule has 0 aromatic carbocycles. The van der Waals surface area contributed by atoms with Crippen molar-refractivity contribution in [2.24, 2.45) is 5.92 Å². The first-order valence-electron chi connectivity index (χ1n) is 5.52. The summed E-state index contributed by atoms with van der Waals surface area (Å²) in [4.78, 5) is 8.17. The minimum Gasteiger partial charge on any atom is -0.396 e. The summed E-state index contributed by atoms with van der Waals surface area (Å²) in [7, 11) is 0. The predicted octanol–water partition coefficient (Wildman–Crippen LogP) is 0.365. The molecule has 0 aliphatic rings. The van der Waals surface area contributed by atoms with Crippen LogP contribution in [0.25, 0.3) is 11.0 Å². The van der Waals surface area contributed by atoms with Crippen molar-refractivity contribution >= 4 is 22.8 Å². The Morgan fingerprint density at radius 3 is 3.12 bits per heavy atom. The minimum absolute atomic E-state index is 0.190. The van der Waals surface area contributed by atoms with E-state index in [1.807, 2.05) is 0 Å². The second-order valence-corrected chi connectivity index (χ2v) is 4.06. The number of aromatic nitrogens is 4. The van der Waals surface area contributed by atoms with Crippen LogP contribution < -0.4 is 11.1 Å². The Hall–Kier alpha value is -1.89. The molecule has 0 aliphatic carbocycles. The maximum absolute atomic E-state index is 8.83. The van der Waals surface area contributed by atoms with Gasteiger partial charge in [0.1, 0.15) is 5.82 Å². The smallest absolute Gasteiger partial charge is 0.224 e. The molecule has 0 fully saturated rings. The summed E-state index contributed by atoms with van der Waals surface area (Å²) in [5.74, 6) is 1.24. The van der Waals surface area contributed by atoms with E-state index in [1.165, 1.54) is 0 Å². The Labute approximate surface area is 98.5 Å². The van der Waals surface area contributed by atoms with Gasteiger partial charge in [0.25, 0.3) is 0 Å². The number of aliphatic hydroxyl groups is 1. The fourth-order valence-electron chi connectivity index (χ4n) is 1.58. The van der Waals surface area contributed by atoms with E-state index in [9.17, 15) is 0 Å². The highest BCUT2D eigenvalue weighted by molar-refractivity contribution is 5.86. The SMILES string of the molecule is CC(CCO)CNc1nc(N)nc2[nH]ncc12. The fraction of sp³-hybridized carbons (Fsp3) is 0.500. The lowest BCUT2D eigenvalue weighted by Crippen LogP contribution is -2.14. The van der Waals surface area contributed by atoms with Crippen molar-refractivity contribution in [2.45, 2.75) is 13.3 Å². The molecule has 0 spiro atoms. The number of fused-ring (bicyclic) bond motifs is 1. The van der Waals surface area contributed by atoms with Crippen molar-refractivity contribution in [3.8, 4) is 0 Å². The molecule has 1 unspecified atom stereocenters. The van der Waals surface area contributed by atoms with Crippen LogP contribution in [0.2, 0.25) is 0 Å². The number of nitrogens with zero attached hydrogens (tertiary/aromatic N) is 3. The standard InChI is InChI=1S/C10H16N6O/c1-6(2-3-17)4-12-8-7-5-13-16-9(7)15-10(11)14-8/h5-6,17H,2-4H2,1H3,(H4,11,12,13,14,15,16). The van der Waals surface area contributed by atoms with Crippen molar-refractivity contribution in [3.63, 3.8) is 0 Å². The Morgan fingerprint density at radius 2 is 2.35 bits per heavy atom. The lowest BCUT2D eigenvalue weighted by Gasteiger charge is -2.12. The number of anilines is 2. The number of aliphatic hydroxyl groups excluding tert-OH is 1. The van der Waals surface area contributed by atoms with E-state index >= 15 is 0 Å². The van der Waals surface area contributed by atoms with E-state index in [4.69, 9.17) is 10.8 Å². The molecule has 0 saturated heterocycles. The molecule has 2 aromatic rings. The third kappa shape index (κ3) is 2.62. The molecule has 0 aliphatic heterocycles. The molecule has 0 saturated carbocycles. The van der Waals surface area contributed by atoms with E-state index in [-0.39, 0.29) is 12.6 Å². The van der Waals surface area contributed by atoms with Gasteiger partial charge in [-0.1, -0.05) is 6.92 Å². The number of nitrogens with two attached hydrogens (primary N) is 1. The first-order valence-corrected chi connectivity index (χ1v) is 5.52. The first-order chi connectivity index (χ1) is 8.20. The topological polar surface area (TPSA) is 113 Å². The zero-order valence-corrected chi connectivity index (χ0v) is 9.64. The van der Waals surface area contributed by atoms with Crippen LogP contribution in [0.1, 0.15) is 13.3 Å². The summed E-state index contributed by atoms with van der Waals surface area (Å²) in [6.45, 7) is 2.97. The summed E-state index contributed by atoms with van der Waals surface area (Å²) in [6, 6.07) is 0. The van der Waals surface area contributed by atoms with Crippen LogP contribution in [0.4, 0.5) is 11.8 Å². The van der Waals surface area contributed by atoms with E-state index in [0.29, 0.717) is 17.4 Å². The molecular weight excluding hydrogens is 220 g/mol. The average molecular weight is 236 g/mol. The number of nitrogen functional groups attached to an aromatic ring is 1. The lowest BCUT2D eigenvalue weighted by atomic mass is 10.1. The number of nitrogens with one attached hydrogen (secondary N) is 2. The van der Waals surface area contributed by atoms with Crippen LogP contribution in [-0.4, -0.2) is 38.4 Å². The Bertz CT molecular complexity index is 497.